The number of thioether (sulfide) groups is 1. The SMILES string of the molecule is COc1cc(C)c(CSCC(=O)N2CCN(Cc3ccccc3C)CC2)cc1OC. The predicted octanol–water partition coefficient (Wildman–Crippen LogP) is 3.90. The monoisotopic (exact) mass is 428 g/mol. The van der Waals surface area contributed by atoms with E-state index >= 15 is 0 Å². The molecule has 0 unspecified atom stereocenters. The summed E-state index contributed by atoms with van der Waals surface area (Å²) in [6.45, 7) is 8.65. The summed E-state index contributed by atoms with van der Waals surface area (Å²) in [6, 6.07) is 12.5. The zero-order valence-corrected chi connectivity index (χ0v) is 19.3. The fourth-order valence-electron chi connectivity index (χ4n) is 3.70. The van der Waals surface area contributed by atoms with Crippen LogP contribution >= 0.6 is 11.8 Å². The van der Waals surface area contributed by atoms with Crippen molar-refractivity contribution in [2.75, 3.05) is 46.2 Å². The van der Waals surface area contributed by atoms with E-state index in [1.165, 1.54) is 16.7 Å². The fraction of sp³-hybridized carbons (Fsp3) is 0.458. The van der Waals surface area contributed by atoms with E-state index in [4.69, 9.17) is 9.47 Å². The van der Waals surface area contributed by atoms with Gasteiger partial charge in [0, 0.05) is 38.5 Å². The molecule has 5 nitrogen and oxygen atoms in total. The number of aryl methyl sites for hydroxylation is 2. The van der Waals surface area contributed by atoms with Crippen LogP contribution in [0.25, 0.3) is 0 Å². The van der Waals surface area contributed by atoms with Crippen LogP contribution in [0, 0.1) is 13.8 Å². The molecule has 0 saturated carbocycles. The molecule has 0 N–H and O–H groups in total. The lowest BCUT2D eigenvalue weighted by Gasteiger charge is -2.35. The molecule has 1 aliphatic heterocycles. The van der Waals surface area contributed by atoms with E-state index in [0.717, 1.165) is 55.5 Å². The molecule has 1 amide bonds. The first-order chi connectivity index (χ1) is 14.5. The van der Waals surface area contributed by atoms with E-state index in [9.17, 15) is 4.79 Å². The number of hydrogen-bond acceptors (Lipinski definition) is 5. The third-order valence-electron chi connectivity index (χ3n) is 5.71. The van der Waals surface area contributed by atoms with Crippen LogP contribution in [0.2, 0.25) is 0 Å². The molecule has 1 fully saturated rings. The third kappa shape index (κ3) is 5.70. The van der Waals surface area contributed by atoms with Crippen LogP contribution < -0.4 is 9.47 Å². The summed E-state index contributed by atoms with van der Waals surface area (Å²) in [5, 5.41) is 0. The highest BCUT2D eigenvalue weighted by Crippen LogP contribution is 2.32. The molecular formula is C24H32N2O3S. The van der Waals surface area contributed by atoms with Crippen molar-refractivity contribution in [3.63, 3.8) is 0 Å². The van der Waals surface area contributed by atoms with Gasteiger partial charge in [-0.3, -0.25) is 9.69 Å². The lowest BCUT2D eigenvalue weighted by atomic mass is 10.1. The Kier molecular flexibility index (Phi) is 8.05. The molecule has 0 radical (unpaired) electrons. The molecule has 0 bridgehead atoms. The number of nitrogens with zero attached hydrogens (tertiary/aromatic N) is 2. The number of carbonyl (C=O) groups is 1. The lowest BCUT2D eigenvalue weighted by molar-refractivity contribution is -0.130. The Balaban J connectivity index is 1.45. The number of benzene rings is 2. The van der Waals surface area contributed by atoms with Gasteiger partial charge in [0.05, 0.1) is 20.0 Å². The lowest BCUT2D eigenvalue weighted by Crippen LogP contribution is -2.48. The molecule has 0 atom stereocenters. The number of hydrogen-bond donors (Lipinski definition) is 0. The number of amides is 1. The van der Waals surface area contributed by atoms with Crippen molar-refractivity contribution in [2.45, 2.75) is 26.1 Å². The van der Waals surface area contributed by atoms with E-state index in [1.807, 2.05) is 17.0 Å². The summed E-state index contributed by atoms with van der Waals surface area (Å²) < 4.78 is 10.8. The van der Waals surface area contributed by atoms with Gasteiger partial charge in [-0.25, -0.2) is 0 Å². The third-order valence-corrected chi connectivity index (χ3v) is 6.67. The zero-order valence-electron chi connectivity index (χ0n) is 18.4. The molecule has 0 aromatic heterocycles. The van der Waals surface area contributed by atoms with Crippen LogP contribution in [0.1, 0.15) is 22.3 Å². The molecule has 2 aromatic rings. The van der Waals surface area contributed by atoms with Gasteiger partial charge in [0.1, 0.15) is 0 Å². The molecule has 1 heterocycles. The highest BCUT2D eigenvalue weighted by atomic mass is 32.2. The minimum atomic E-state index is 0.230. The average Bonchev–Trinajstić information content (AvgIpc) is 2.76. The maximum atomic E-state index is 12.7. The average molecular weight is 429 g/mol. The quantitative estimate of drug-likeness (QED) is 0.638. The van der Waals surface area contributed by atoms with Crippen molar-refractivity contribution in [2.24, 2.45) is 0 Å². The van der Waals surface area contributed by atoms with Crippen LogP contribution in [-0.2, 0) is 17.1 Å². The van der Waals surface area contributed by atoms with Gasteiger partial charge in [-0.05, 0) is 48.2 Å². The van der Waals surface area contributed by atoms with Crippen LogP contribution in [0.3, 0.4) is 0 Å². The van der Waals surface area contributed by atoms with Crippen LogP contribution in [0.15, 0.2) is 36.4 Å². The van der Waals surface area contributed by atoms with E-state index in [1.54, 1.807) is 26.0 Å². The van der Waals surface area contributed by atoms with Gasteiger partial charge in [-0.15, -0.1) is 11.8 Å². The number of ether oxygens (including phenoxy) is 2. The Morgan fingerprint density at radius 1 is 0.933 bits per heavy atom. The predicted molar refractivity (Wildman–Crippen MR) is 123 cm³/mol. The second-order valence-corrected chi connectivity index (χ2v) is 8.70. The maximum Gasteiger partial charge on any atom is 0.232 e. The van der Waals surface area contributed by atoms with E-state index in [0.29, 0.717) is 5.75 Å². The zero-order chi connectivity index (χ0) is 21.5. The molecule has 6 heteroatoms. The van der Waals surface area contributed by atoms with Crippen molar-refractivity contribution >= 4 is 17.7 Å². The molecule has 162 valence electrons. The summed E-state index contributed by atoms with van der Waals surface area (Å²) in [6.07, 6.45) is 0. The largest absolute Gasteiger partial charge is 0.493 e. The summed E-state index contributed by atoms with van der Waals surface area (Å²) in [5.41, 5.74) is 5.03. The normalized spacial score (nSPS) is 14.6. The summed E-state index contributed by atoms with van der Waals surface area (Å²) >= 11 is 1.66. The molecule has 2 aromatic carbocycles. The van der Waals surface area contributed by atoms with Crippen molar-refractivity contribution in [1.29, 1.82) is 0 Å². The molecule has 3 rings (SSSR count). The van der Waals surface area contributed by atoms with Gasteiger partial charge in [0.2, 0.25) is 5.91 Å². The Bertz CT molecular complexity index is 864. The molecule has 0 aliphatic carbocycles. The molecule has 1 aliphatic rings. The molecule has 1 saturated heterocycles. The number of piperazine rings is 1. The Hall–Kier alpha value is -2.18. The first-order valence-electron chi connectivity index (χ1n) is 10.4. The Morgan fingerprint density at radius 3 is 2.27 bits per heavy atom. The maximum absolute atomic E-state index is 12.7. The van der Waals surface area contributed by atoms with Gasteiger partial charge in [-0.2, -0.15) is 0 Å². The second kappa shape index (κ2) is 10.7. The molecule has 30 heavy (non-hydrogen) atoms. The standard InChI is InChI=1S/C24H32N2O3S/c1-18-7-5-6-8-20(18)15-25-9-11-26(12-10-25)24(27)17-30-16-21-14-23(29-4)22(28-3)13-19(21)2/h5-8,13-14H,9-12,15-17H2,1-4H3. The van der Waals surface area contributed by atoms with Gasteiger partial charge in [0.15, 0.2) is 11.5 Å². The van der Waals surface area contributed by atoms with E-state index in [2.05, 4.69) is 43.0 Å². The Morgan fingerprint density at radius 2 is 1.60 bits per heavy atom. The van der Waals surface area contributed by atoms with Crippen LogP contribution in [-0.4, -0.2) is 61.9 Å². The highest BCUT2D eigenvalue weighted by Gasteiger charge is 2.21. The van der Waals surface area contributed by atoms with Crippen molar-refractivity contribution in [3.05, 3.63) is 58.7 Å². The van der Waals surface area contributed by atoms with Gasteiger partial charge < -0.3 is 14.4 Å². The smallest absolute Gasteiger partial charge is 0.232 e. The van der Waals surface area contributed by atoms with Crippen molar-refractivity contribution < 1.29 is 14.3 Å². The van der Waals surface area contributed by atoms with Crippen LogP contribution in [0.4, 0.5) is 0 Å². The van der Waals surface area contributed by atoms with E-state index < -0.39 is 0 Å². The Labute approximate surface area is 184 Å². The minimum absolute atomic E-state index is 0.230. The number of methoxy groups -OCH3 is 2. The second-order valence-electron chi connectivity index (χ2n) is 7.71. The summed E-state index contributed by atoms with van der Waals surface area (Å²) in [4.78, 5) is 17.1. The number of carbonyl (C=O) groups excluding carboxylic acids is 1. The fourth-order valence-corrected chi connectivity index (χ4v) is 4.69. The first-order valence-corrected chi connectivity index (χ1v) is 11.5. The topological polar surface area (TPSA) is 42.0 Å². The molecule has 0 spiro atoms. The van der Waals surface area contributed by atoms with Gasteiger partial charge in [-0.1, -0.05) is 24.3 Å². The summed E-state index contributed by atoms with van der Waals surface area (Å²) in [7, 11) is 3.29. The minimum Gasteiger partial charge on any atom is -0.493 e. The van der Waals surface area contributed by atoms with Crippen molar-refractivity contribution in [1.82, 2.24) is 9.80 Å². The van der Waals surface area contributed by atoms with Crippen molar-refractivity contribution in [3.8, 4) is 11.5 Å². The molecular weight excluding hydrogens is 396 g/mol. The van der Waals surface area contributed by atoms with Gasteiger partial charge in [0.25, 0.3) is 0 Å². The first kappa shape index (κ1) is 22.5. The van der Waals surface area contributed by atoms with E-state index in [-0.39, 0.29) is 5.91 Å². The highest BCUT2D eigenvalue weighted by molar-refractivity contribution is 7.99. The van der Waals surface area contributed by atoms with Gasteiger partial charge >= 0.3 is 0 Å². The summed E-state index contributed by atoms with van der Waals surface area (Å²) in [5.74, 6) is 2.99. The number of rotatable bonds is 8. The van der Waals surface area contributed by atoms with Crippen LogP contribution in [0.5, 0.6) is 11.5 Å².